The first-order valence-corrected chi connectivity index (χ1v) is 5.88. The Balaban J connectivity index is 2.34. The fraction of sp³-hybridized carbons (Fsp3) is 0.273. The van der Waals surface area contributed by atoms with Crippen LogP contribution in [0.3, 0.4) is 0 Å². The molecule has 1 aromatic heterocycles. The molecule has 2 rings (SSSR count). The molecule has 0 fully saturated rings. The first-order chi connectivity index (χ1) is 7.72. The molecular weight excluding hydrogens is 242 g/mol. The summed E-state index contributed by atoms with van der Waals surface area (Å²) in [4.78, 5) is 0. The largest absolute Gasteiger partial charge is 0.304 e. The maximum absolute atomic E-state index is 6.10. The van der Waals surface area contributed by atoms with Crippen LogP contribution in [0.4, 0.5) is 0 Å². The van der Waals surface area contributed by atoms with E-state index in [4.69, 9.17) is 23.8 Å². The molecule has 0 aliphatic rings. The lowest BCUT2D eigenvalue weighted by molar-refractivity contribution is 0.704. The van der Waals surface area contributed by atoms with Gasteiger partial charge in [0.15, 0.2) is 4.77 Å². The van der Waals surface area contributed by atoms with Gasteiger partial charge in [0, 0.05) is 18.0 Å². The van der Waals surface area contributed by atoms with Crippen molar-refractivity contribution < 1.29 is 0 Å². The number of halogens is 1. The number of aromatic amines is 1. The van der Waals surface area contributed by atoms with Crippen LogP contribution in [-0.4, -0.2) is 14.8 Å². The number of H-pyrrole nitrogens is 1. The van der Waals surface area contributed by atoms with Gasteiger partial charge in [0.1, 0.15) is 5.82 Å². The maximum atomic E-state index is 6.10. The molecular formula is C11H12ClN3S. The van der Waals surface area contributed by atoms with Crippen molar-refractivity contribution in [1.82, 2.24) is 14.8 Å². The predicted octanol–water partition coefficient (Wildman–Crippen LogP) is 3.20. The lowest BCUT2D eigenvalue weighted by Gasteiger charge is -2.04. The van der Waals surface area contributed by atoms with Gasteiger partial charge >= 0.3 is 0 Å². The van der Waals surface area contributed by atoms with Crippen molar-refractivity contribution in [1.29, 1.82) is 0 Å². The van der Waals surface area contributed by atoms with Gasteiger partial charge in [-0.3, -0.25) is 5.10 Å². The van der Waals surface area contributed by atoms with Gasteiger partial charge in [-0.15, -0.1) is 0 Å². The smallest absolute Gasteiger partial charge is 0.195 e. The summed E-state index contributed by atoms with van der Waals surface area (Å²) in [7, 11) is 0. The van der Waals surface area contributed by atoms with Crippen molar-refractivity contribution in [3.8, 4) is 0 Å². The van der Waals surface area contributed by atoms with Crippen molar-refractivity contribution in [2.75, 3.05) is 0 Å². The quantitative estimate of drug-likeness (QED) is 0.853. The van der Waals surface area contributed by atoms with E-state index in [9.17, 15) is 0 Å². The van der Waals surface area contributed by atoms with Gasteiger partial charge in [-0.2, -0.15) is 5.10 Å². The minimum absolute atomic E-state index is 0.657. The summed E-state index contributed by atoms with van der Waals surface area (Å²) >= 11 is 11.2. The van der Waals surface area contributed by atoms with Crippen LogP contribution in [0.25, 0.3) is 0 Å². The van der Waals surface area contributed by atoms with Crippen LogP contribution in [0.1, 0.15) is 18.3 Å². The average Bonchev–Trinajstić information content (AvgIpc) is 2.63. The lowest BCUT2D eigenvalue weighted by Crippen LogP contribution is -2.03. The van der Waals surface area contributed by atoms with E-state index in [1.165, 1.54) is 0 Å². The Morgan fingerprint density at radius 2 is 2.19 bits per heavy atom. The highest BCUT2D eigenvalue weighted by Gasteiger charge is 2.07. The first kappa shape index (κ1) is 11.4. The Morgan fingerprint density at radius 3 is 2.88 bits per heavy atom. The van der Waals surface area contributed by atoms with Crippen LogP contribution >= 0.6 is 23.8 Å². The third-order valence-electron chi connectivity index (χ3n) is 2.46. The van der Waals surface area contributed by atoms with E-state index in [0.29, 0.717) is 11.2 Å². The molecule has 0 bridgehead atoms. The zero-order valence-corrected chi connectivity index (χ0v) is 10.5. The van der Waals surface area contributed by atoms with Gasteiger partial charge in [0.05, 0.1) is 0 Å². The van der Waals surface area contributed by atoms with Gasteiger partial charge in [0.25, 0.3) is 0 Å². The molecule has 2 aromatic rings. The molecule has 0 spiro atoms. The fourth-order valence-electron chi connectivity index (χ4n) is 1.62. The summed E-state index contributed by atoms with van der Waals surface area (Å²) in [5, 5.41) is 7.77. The molecule has 0 aliphatic heterocycles. The topological polar surface area (TPSA) is 33.6 Å². The highest BCUT2D eigenvalue weighted by Crippen LogP contribution is 2.18. The van der Waals surface area contributed by atoms with Crippen LogP contribution in [0.15, 0.2) is 24.3 Å². The molecule has 5 heteroatoms. The molecule has 1 heterocycles. The maximum Gasteiger partial charge on any atom is 0.195 e. The van der Waals surface area contributed by atoms with E-state index in [-0.39, 0.29) is 0 Å². The van der Waals surface area contributed by atoms with Crippen molar-refractivity contribution in [2.45, 2.75) is 19.9 Å². The molecule has 0 unspecified atom stereocenters. The number of nitrogens with zero attached hydrogens (tertiary/aromatic N) is 2. The third-order valence-corrected chi connectivity index (χ3v) is 3.14. The van der Waals surface area contributed by atoms with E-state index in [2.05, 4.69) is 10.2 Å². The molecule has 0 atom stereocenters. The molecule has 1 aromatic carbocycles. The fourth-order valence-corrected chi connectivity index (χ4v) is 2.11. The minimum Gasteiger partial charge on any atom is -0.304 e. The van der Waals surface area contributed by atoms with Gasteiger partial charge in [-0.25, -0.2) is 0 Å². The number of benzene rings is 1. The lowest BCUT2D eigenvalue weighted by atomic mass is 10.1. The summed E-state index contributed by atoms with van der Waals surface area (Å²) < 4.78 is 2.63. The normalized spacial score (nSPS) is 10.6. The van der Waals surface area contributed by atoms with Crippen LogP contribution in [-0.2, 0) is 13.0 Å². The number of nitrogens with one attached hydrogen (secondary N) is 1. The molecule has 0 aliphatic carbocycles. The second-order valence-electron chi connectivity index (χ2n) is 3.46. The number of aromatic nitrogens is 3. The molecule has 1 N–H and O–H groups in total. The molecule has 0 radical (unpaired) electrons. The van der Waals surface area contributed by atoms with E-state index in [0.717, 1.165) is 23.0 Å². The summed E-state index contributed by atoms with van der Waals surface area (Å²) in [5.41, 5.74) is 1.06. The molecule has 0 amide bonds. The second kappa shape index (κ2) is 4.80. The van der Waals surface area contributed by atoms with E-state index >= 15 is 0 Å². The molecule has 84 valence electrons. The van der Waals surface area contributed by atoms with Gasteiger partial charge in [-0.05, 0) is 30.8 Å². The van der Waals surface area contributed by atoms with E-state index < -0.39 is 0 Å². The molecule has 0 saturated carbocycles. The summed E-state index contributed by atoms with van der Waals surface area (Å²) in [6.07, 6.45) is 0.695. The van der Waals surface area contributed by atoms with E-state index in [1.807, 2.05) is 35.8 Å². The minimum atomic E-state index is 0.657. The zero-order valence-electron chi connectivity index (χ0n) is 8.90. The Labute approximate surface area is 104 Å². The van der Waals surface area contributed by atoms with E-state index in [1.54, 1.807) is 0 Å². The Kier molecular flexibility index (Phi) is 3.41. The number of hydrogen-bond donors (Lipinski definition) is 1. The SMILES string of the molecule is CCn1c(Cc2ccccc2Cl)n[nH]c1=S. The summed E-state index contributed by atoms with van der Waals surface area (Å²) in [6, 6.07) is 7.77. The molecule has 0 saturated heterocycles. The number of rotatable bonds is 3. The van der Waals surface area contributed by atoms with Gasteiger partial charge in [0.2, 0.25) is 0 Å². The highest BCUT2D eigenvalue weighted by atomic mass is 35.5. The zero-order chi connectivity index (χ0) is 11.5. The van der Waals surface area contributed by atoms with Gasteiger partial charge in [-0.1, -0.05) is 29.8 Å². The second-order valence-corrected chi connectivity index (χ2v) is 4.25. The molecule has 16 heavy (non-hydrogen) atoms. The van der Waals surface area contributed by atoms with Crippen LogP contribution < -0.4 is 0 Å². The van der Waals surface area contributed by atoms with Crippen LogP contribution in [0.5, 0.6) is 0 Å². The van der Waals surface area contributed by atoms with Gasteiger partial charge < -0.3 is 4.57 Å². The molecule has 3 nitrogen and oxygen atoms in total. The standard InChI is InChI=1S/C11H12ClN3S/c1-2-15-10(13-14-11(15)16)7-8-5-3-4-6-9(8)12/h3-6H,2,7H2,1H3,(H,14,16). The van der Waals surface area contributed by atoms with Crippen LogP contribution in [0, 0.1) is 4.77 Å². The van der Waals surface area contributed by atoms with Crippen molar-refractivity contribution >= 4 is 23.8 Å². The van der Waals surface area contributed by atoms with Crippen molar-refractivity contribution in [3.63, 3.8) is 0 Å². The monoisotopic (exact) mass is 253 g/mol. The highest BCUT2D eigenvalue weighted by molar-refractivity contribution is 7.71. The third kappa shape index (κ3) is 2.18. The first-order valence-electron chi connectivity index (χ1n) is 5.10. The van der Waals surface area contributed by atoms with Crippen molar-refractivity contribution in [2.24, 2.45) is 0 Å². The predicted molar refractivity (Wildman–Crippen MR) is 67.3 cm³/mol. The number of hydrogen-bond acceptors (Lipinski definition) is 2. The van der Waals surface area contributed by atoms with Crippen molar-refractivity contribution in [3.05, 3.63) is 45.4 Å². The Morgan fingerprint density at radius 1 is 1.44 bits per heavy atom. The summed E-state index contributed by atoms with van der Waals surface area (Å²) in [5.74, 6) is 0.917. The average molecular weight is 254 g/mol. The summed E-state index contributed by atoms with van der Waals surface area (Å²) in [6.45, 7) is 2.86. The Hall–Kier alpha value is -1.13. The van der Waals surface area contributed by atoms with Crippen LogP contribution in [0.2, 0.25) is 5.02 Å². The Bertz CT molecular complexity index is 544.